The van der Waals surface area contributed by atoms with Crippen LogP contribution in [0.15, 0.2) is 33.8 Å². The second kappa shape index (κ2) is 5.56. The summed E-state index contributed by atoms with van der Waals surface area (Å²) in [6.07, 6.45) is 0.767. The van der Waals surface area contributed by atoms with Crippen LogP contribution in [0.25, 0.3) is 11.0 Å². The van der Waals surface area contributed by atoms with Crippen LogP contribution in [-0.2, 0) is 16.0 Å². The molecule has 0 saturated carbocycles. The van der Waals surface area contributed by atoms with E-state index in [4.69, 9.17) is 10.2 Å². The first-order valence-corrected chi connectivity index (χ1v) is 6.19. The van der Waals surface area contributed by atoms with Crippen LogP contribution < -0.4 is 11.2 Å². The maximum Gasteiger partial charge on any atom is 0.329 e. The fourth-order valence-corrected chi connectivity index (χ4v) is 1.98. The maximum atomic E-state index is 11.1. The van der Waals surface area contributed by atoms with Crippen LogP contribution in [0.4, 0.5) is 0 Å². The van der Waals surface area contributed by atoms with Crippen molar-refractivity contribution in [3.05, 3.63) is 35.6 Å². The molecule has 2 rings (SSSR count). The Morgan fingerprint density at radius 2 is 2.05 bits per heavy atom. The van der Waals surface area contributed by atoms with Gasteiger partial charge in [0.25, 0.3) is 0 Å². The largest absolute Gasteiger partial charge is 0.454 e. The number of nitrogens with two attached hydrogens (primary N) is 1. The Kier molecular flexibility index (Phi) is 3.84. The van der Waals surface area contributed by atoms with E-state index in [2.05, 4.69) is 10.5 Å². The van der Waals surface area contributed by atoms with Crippen LogP contribution in [0.3, 0.4) is 0 Å². The van der Waals surface area contributed by atoms with Crippen molar-refractivity contribution in [2.75, 3.05) is 0 Å². The minimum Gasteiger partial charge on any atom is -0.454 e. The van der Waals surface area contributed by atoms with E-state index in [1.165, 1.54) is 0 Å². The van der Waals surface area contributed by atoms with Crippen molar-refractivity contribution in [2.24, 2.45) is 10.8 Å². The molecule has 0 radical (unpaired) electrons. The van der Waals surface area contributed by atoms with Crippen LogP contribution in [0.1, 0.15) is 25.2 Å². The van der Waals surface area contributed by atoms with Gasteiger partial charge in [-0.1, -0.05) is 25.1 Å². The van der Waals surface area contributed by atoms with E-state index in [1.54, 1.807) is 6.92 Å². The molecule has 104 valence electrons. The Labute approximate surface area is 115 Å². The van der Waals surface area contributed by atoms with E-state index in [0.717, 1.165) is 23.0 Å². The summed E-state index contributed by atoms with van der Waals surface area (Å²) >= 11 is 0. The molecule has 6 heteroatoms. The van der Waals surface area contributed by atoms with Crippen LogP contribution in [-0.4, -0.2) is 17.5 Å². The van der Waals surface area contributed by atoms with E-state index < -0.39 is 11.8 Å². The number of primary amides is 1. The van der Waals surface area contributed by atoms with Gasteiger partial charge in [0.1, 0.15) is 11.3 Å². The van der Waals surface area contributed by atoms with Crippen molar-refractivity contribution in [1.82, 2.24) is 5.43 Å². The number of carbonyl (C=O) groups is 2. The monoisotopic (exact) mass is 273 g/mol. The third kappa shape index (κ3) is 2.54. The molecule has 0 fully saturated rings. The van der Waals surface area contributed by atoms with E-state index in [9.17, 15) is 9.59 Å². The van der Waals surface area contributed by atoms with Crippen LogP contribution in [0.5, 0.6) is 0 Å². The minimum atomic E-state index is -1.08. The maximum absolute atomic E-state index is 11.1. The average Bonchev–Trinajstić information content (AvgIpc) is 2.82. The predicted molar refractivity (Wildman–Crippen MR) is 75.1 cm³/mol. The average molecular weight is 273 g/mol. The lowest BCUT2D eigenvalue weighted by Gasteiger charge is -2.00. The second-order valence-electron chi connectivity index (χ2n) is 4.26. The fraction of sp³-hybridized carbons (Fsp3) is 0.214. The van der Waals surface area contributed by atoms with Gasteiger partial charge in [0.05, 0.1) is 0 Å². The standard InChI is InChI=1S/C14H15N3O3/c1-3-9-10-6-4-5-7-11(10)20-12(9)8(2)16-17-14(19)13(15)18/h4-7H,3H2,1-2H3,(H2,15,18)(H,17,19)/b16-8-. The van der Waals surface area contributed by atoms with E-state index >= 15 is 0 Å². The van der Waals surface area contributed by atoms with Gasteiger partial charge in [0.2, 0.25) is 0 Å². The van der Waals surface area contributed by atoms with Gasteiger partial charge in [-0.2, -0.15) is 5.10 Å². The number of carbonyl (C=O) groups excluding carboxylic acids is 2. The highest BCUT2D eigenvalue weighted by Gasteiger charge is 2.15. The summed E-state index contributed by atoms with van der Waals surface area (Å²) in [7, 11) is 0. The first kappa shape index (κ1) is 13.8. The summed E-state index contributed by atoms with van der Waals surface area (Å²) < 4.78 is 5.75. The summed E-state index contributed by atoms with van der Waals surface area (Å²) in [6, 6.07) is 7.65. The molecular formula is C14H15N3O3. The zero-order chi connectivity index (χ0) is 14.7. The summed E-state index contributed by atoms with van der Waals surface area (Å²) in [5.74, 6) is -1.45. The number of para-hydroxylation sites is 1. The number of aryl methyl sites for hydroxylation is 1. The number of hydrogen-bond donors (Lipinski definition) is 2. The number of nitrogens with zero attached hydrogens (tertiary/aromatic N) is 1. The van der Waals surface area contributed by atoms with Gasteiger partial charge >= 0.3 is 11.8 Å². The van der Waals surface area contributed by atoms with Crippen molar-refractivity contribution in [1.29, 1.82) is 0 Å². The SMILES string of the molecule is CCc1c(/C(C)=N\NC(=O)C(N)=O)oc2ccccc12. The number of benzene rings is 1. The molecule has 0 spiro atoms. The topological polar surface area (TPSA) is 97.7 Å². The lowest BCUT2D eigenvalue weighted by Crippen LogP contribution is -2.33. The van der Waals surface area contributed by atoms with Crippen molar-refractivity contribution >= 4 is 28.5 Å². The molecule has 1 aromatic carbocycles. The summed E-state index contributed by atoms with van der Waals surface area (Å²) in [6.45, 7) is 3.70. The first-order valence-electron chi connectivity index (χ1n) is 6.19. The number of nitrogens with one attached hydrogen (secondary N) is 1. The summed E-state index contributed by atoms with van der Waals surface area (Å²) in [5, 5.41) is 4.86. The molecule has 0 atom stereocenters. The number of hydrazone groups is 1. The van der Waals surface area contributed by atoms with Crippen LogP contribution in [0, 0.1) is 0 Å². The Morgan fingerprint density at radius 3 is 2.70 bits per heavy atom. The third-order valence-electron chi connectivity index (χ3n) is 2.93. The Hall–Kier alpha value is -2.63. The highest BCUT2D eigenvalue weighted by molar-refractivity contribution is 6.34. The molecule has 6 nitrogen and oxygen atoms in total. The van der Waals surface area contributed by atoms with E-state index in [0.29, 0.717) is 11.5 Å². The Balaban J connectivity index is 2.39. The number of fused-ring (bicyclic) bond motifs is 1. The molecule has 0 saturated heterocycles. The summed E-state index contributed by atoms with van der Waals surface area (Å²) in [4.78, 5) is 21.7. The van der Waals surface area contributed by atoms with Gasteiger partial charge in [-0.15, -0.1) is 0 Å². The lowest BCUT2D eigenvalue weighted by molar-refractivity contribution is -0.137. The molecule has 0 aliphatic rings. The Bertz CT molecular complexity index is 701. The number of hydrogen-bond acceptors (Lipinski definition) is 4. The van der Waals surface area contributed by atoms with Gasteiger partial charge < -0.3 is 10.2 Å². The van der Waals surface area contributed by atoms with Gasteiger partial charge in [-0.3, -0.25) is 9.59 Å². The number of rotatable bonds is 3. The van der Waals surface area contributed by atoms with E-state index in [1.807, 2.05) is 31.2 Å². The zero-order valence-electron chi connectivity index (χ0n) is 11.3. The van der Waals surface area contributed by atoms with Crippen LogP contribution in [0.2, 0.25) is 0 Å². The lowest BCUT2D eigenvalue weighted by atomic mass is 10.1. The van der Waals surface area contributed by atoms with Crippen molar-refractivity contribution in [3.63, 3.8) is 0 Å². The second-order valence-corrected chi connectivity index (χ2v) is 4.26. The number of furan rings is 1. The molecule has 0 aliphatic carbocycles. The molecular weight excluding hydrogens is 258 g/mol. The highest BCUT2D eigenvalue weighted by atomic mass is 16.3. The molecule has 20 heavy (non-hydrogen) atoms. The molecule has 2 amide bonds. The molecule has 0 aliphatic heterocycles. The first-order chi connectivity index (χ1) is 9.54. The zero-order valence-corrected chi connectivity index (χ0v) is 11.3. The minimum absolute atomic E-state index is 0.479. The molecule has 1 aromatic heterocycles. The normalized spacial score (nSPS) is 11.6. The molecule has 3 N–H and O–H groups in total. The van der Waals surface area contributed by atoms with Crippen LogP contribution >= 0.6 is 0 Å². The predicted octanol–water partition coefficient (Wildman–Crippen LogP) is 1.32. The van der Waals surface area contributed by atoms with Crippen molar-refractivity contribution in [2.45, 2.75) is 20.3 Å². The third-order valence-corrected chi connectivity index (χ3v) is 2.93. The Morgan fingerprint density at radius 1 is 1.35 bits per heavy atom. The number of amides is 2. The molecule has 2 aromatic rings. The highest BCUT2D eigenvalue weighted by Crippen LogP contribution is 2.26. The van der Waals surface area contributed by atoms with Gasteiger partial charge in [0.15, 0.2) is 5.76 Å². The van der Waals surface area contributed by atoms with E-state index in [-0.39, 0.29) is 0 Å². The van der Waals surface area contributed by atoms with Gasteiger partial charge in [-0.25, -0.2) is 5.43 Å². The quantitative estimate of drug-likeness (QED) is 0.501. The van der Waals surface area contributed by atoms with Gasteiger partial charge in [-0.05, 0) is 19.4 Å². The fourth-order valence-electron chi connectivity index (χ4n) is 1.98. The van der Waals surface area contributed by atoms with Crippen molar-refractivity contribution in [3.8, 4) is 0 Å². The molecule has 0 unspecified atom stereocenters. The summed E-state index contributed by atoms with van der Waals surface area (Å²) in [5.41, 5.74) is 9.17. The molecule has 1 heterocycles. The van der Waals surface area contributed by atoms with Gasteiger partial charge in [0, 0.05) is 10.9 Å². The smallest absolute Gasteiger partial charge is 0.329 e. The van der Waals surface area contributed by atoms with Crippen molar-refractivity contribution < 1.29 is 14.0 Å². The molecule has 0 bridgehead atoms.